The number of benzene rings is 1. The van der Waals surface area contributed by atoms with E-state index in [0.29, 0.717) is 25.9 Å². The molecule has 4 N–H and O–H groups in total. The van der Waals surface area contributed by atoms with E-state index in [1.807, 2.05) is 37.3 Å². The van der Waals surface area contributed by atoms with Gasteiger partial charge < -0.3 is 25.7 Å². The molecule has 0 aliphatic carbocycles. The smallest absolute Gasteiger partial charge is 0.254 e. The van der Waals surface area contributed by atoms with Crippen molar-refractivity contribution in [1.29, 1.82) is 0 Å². The number of hydrogen-bond donors (Lipinski definition) is 4. The number of aliphatic hydroxyl groups excluding tert-OH is 2. The Hall–Kier alpha value is -2.71. The first-order valence-electron chi connectivity index (χ1n) is 10.6. The number of rotatable bonds is 14. The van der Waals surface area contributed by atoms with Crippen molar-refractivity contribution in [2.45, 2.75) is 44.8 Å². The molecular formula is C23H35N3O5. The van der Waals surface area contributed by atoms with Crippen LogP contribution in [0.3, 0.4) is 0 Å². The van der Waals surface area contributed by atoms with Crippen LogP contribution in [0.2, 0.25) is 0 Å². The molecule has 8 heteroatoms. The molecule has 31 heavy (non-hydrogen) atoms. The highest BCUT2D eigenvalue weighted by Crippen LogP contribution is 2.07. The van der Waals surface area contributed by atoms with Gasteiger partial charge in [-0.1, -0.05) is 49.8 Å². The third-order valence-corrected chi connectivity index (χ3v) is 4.95. The van der Waals surface area contributed by atoms with E-state index < -0.39 is 24.0 Å². The summed E-state index contributed by atoms with van der Waals surface area (Å²) in [5.41, 5.74) is 1.04. The number of nitrogens with one attached hydrogen (secondary N) is 2. The van der Waals surface area contributed by atoms with Crippen molar-refractivity contribution in [2.24, 2.45) is 5.92 Å². The molecule has 0 aliphatic rings. The van der Waals surface area contributed by atoms with Gasteiger partial charge in [-0.3, -0.25) is 14.4 Å². The van der Waals surface area contributed by atoms with Gasteiger partial charge in [-0.15, -0.1) is 6.58 Å². The summed E-state index contributed by atoms with van der Waals surface area (Å²) in [6.45, 7) is 6.54. The third kappa shape index (κ3) is 9.31. The summed E-state index contributed by atoms with van der Waals surface area (Å²) in [5, 5.41) is 25.3. The number of hydrogen-bond acceptors (Lipinski definition) is 5. The Morgan fingerprint density at radius 3 is 2.26 bits per heavy atom. The van der Waals surface area contributed by atoms with Crippen LogP contribution in [0.1, 0.15) is 31.7 Å². The van der Waals surface area contributed by atoms with Crippen LogP contribution in [0.4, 0.5) is 0 Å². The van der Waals surface area contributed by atoms with Crippen LogP contribution in [0.15, 0.2) is 43.0 Å². The van der Waals surface area contributed by atoms with E-state index in [1.54, 1.807) is 6.08 Å². The van der Waals surface area contributed by atoms with E-state index >= 15 is 0 Å². The van der Waals surface area contributed by atoms with Gasteiger partial charge in [-0.05, 0) is 24.8 Å². The lowest BCUT2D eigenvalue weighted by Gasteiger charge is -2.23. The van der Waals surface area contributed by atoms with Crippen molar-refractivity contribution in [2.75, 3.05) is 26.7 Å². The predicted molar refractivity (Wildman–Crippen MR) is 119 cm³/mol. The highest BCUT2D eigenvalue weighted by Gasteiger charge is 2.31. The van der Waals surface area contributed by atoms with Crippen molar-refractivity contribution >= 4 is 17.7 Å². The van der Waals surface area contributed by atoms with Gasteiger partial charge in [0.15, 0.2) is 12.2 Å². The van der Waals surface area contributed by atoms with Crippen molar-refractivity contribution in [3.63, 3.8) is 0 Å². The first-order valence-corrected chi connectivity index (χ1v) is 10.6. The Morgan fingerprint density at radius 1 is 1.06 bits per heavy atom. The Morgan fingerprint density at radius 2 is 1.68 bits per heavy atom. The summed E-state index contributed by atoms with van der Waals surface area (Å²) in [7, 11) is 1.51. The van der Waals surface area contributed by atoms with Gasteiger partial charge in [-0.2, -0.15) is 0 Å². The molecule has 172 valence electrons. The topological polar surface area (TPSA) is 119 Å². The SMILES string of the molecule is C=CC(CCC)C(=O)NCCCNC(=O)[C@H](O)[C@@H](O)C(=O)N(C)CCc1ccccc1. The van der Waals surface area contributed by atoms with Crippen LogP contribution in [-0.4, -0.2) is 71.7 Å². The van der Waals surface area contributed by atoms with Crippen molar-refractivity contribution in [3.05, 3.63) is 48.6 Å². The van der Waals surface area contributed by atoms with E-state index in [4.69, 9.17) is 0 Å². The standard InChI is InChI=1S/C23H35N3O5/c1-4-10-18(5-2)21(29)24-14-9-15-25-22(30)19(27)20(28)23(31)26(3)16-13-17-11-7-6-8-12-17/h5-8,11-12,18-20,27-28H,2,4,9-10,13-16H2,1,3H3,(H,24,29)(H,25,30)/t18?,19-,20-/m1/s1. The second-order valence-corrected chi connectivity index (χ2v) is 7.45. The molecule has 0 saturated heterocycles. The van der Waals surface area contributed by atoms with Crippen LogP contribution < -0.4 is 10.6 Å². The quantitative estimate of drug-likeness (QED) is 0.254. The molecule has 1 aromatic carbocycles. The minimum absolute atomic E-state index is 0.109. The normalized spacial score (nSPS) is 13.5. The summed E-state index contributed by atoms with van der Waals surface area (Å²) in [6.07, 6.45) is 0.547. The number of nitrogens with zero attached hydrogens (tertiary/aromatic N) is 1. The summed E-state index contributed by atoms with van der Waals surface area (Å²) in [6, 6.07) is 9.56. The monoisotopic (exact) mass is 433 g/mol. The molecule has 1 unspecified atom stereocenters. The van der Waals surface area contributed by atoms with Crippen molar-refractivity contribution in [3.8, 4) is 0 Å². The largest absolute Gasteiger partial charge is 0.380 e. The summed E-state index contributed by atoms with van der Waals surface area (Å²) < 4.78 is 0. The van der Waals surface area contributed by atoms with Crippen LogP contribution in [-0.2, 0) is 20.8 Å². The fourth-order valence-corrected chi connectivity index (χ4v) is 2.97. The van der Waals surface area contributed by atoms with E-state index in [2.05, 4.69) is 17.2 Å². The zero-order valence-electron chi connectivity index (χ0n) is 18.4. The number of carbonyl (C=O) groups excluding carboxylic acids is 3. The maximum absolute atomic E-state index is 12.3. The number of carbonyl (C=O) groups is 3. The molecule has 0 fully saturated rings. The molecule has 0 spiro atoms. The fourth-order valence-electron chi connectivity index (χ4n) is 2.97. The summed E-state index contributed by atoms with van der Waals surface area (Å²) in [4.78, 5) is 37.6. The van der Waals surface area contributed by atoms with Crippen molar-refractivity contribution < 1.29 is 24.6 Å². The minimum Gasteiger partial charge on any atom is -0.380 e. The van der Waals surface area contributed by atoms with E-state index in [1.165, 1.54) is 11.9 Å². The van der Waals surface area contributed by atoms with Crippen LogP contribution in [0.5, 0.6) is 0 Å². The molecule has 3 atom stereocenters. The number of amides is 3. The molecule has 8 nitrogen and oxygen atoms in total. The average molecular weight is 434 g/mol. The maximum Gasteiger partial charge on any atom is 0.254 e. The highest BCUT2D eigenvalue weighted by atomic mass is 16.3. The first-order chi connectivity index (χ1) is 14.8. The lowest BCUT2D eigenvalue weighted by Crippen LogP contribution is -2.50. The highest BCUT2D eigenvalue weighted by molar-refractivity contribution is 5.90. The fraction of sp³-hybridized carbons (Fsp3) is 0.522. The zero-order valence-corrected chi connectivity index (χ0v) is 18.4. The molecule has 0 aliphatic heterocycles. The zero-order chi connectivity index (χ0) is 23.2. The Balaban J connectivity index is 2.33. The van der Waals surface area contributed by atoms with E-state index in [-0.39, 0.29) is 18.4 Å². The van der Waals surface area contributed by atoms with Gasteiger partial charge in [-0.25, -0.2) is 0 Å². The molecule has 0 aromatic heterocycles. The van der Waals surface area contributed by atoms with E-state index in [9.17, 15) is 24.6 Å². The molecule has 1 aromatic rings. The van der Waals surface area contributed by atoms with Gasteiger partial charge in [0.25, 0.3) is 11.8 Å². The second-order valence-electron chi connectivity index (χ2n) is 7.45. The predicted octanol–water partition coefficient (Wildman–Crippen LogP) is 0.634. The molecule has 0 radical (unpaired) electrons. The first kappa shape index (κ1) is 26.3. The molecule has 3 amide bonds. The molecule has 0 heterocycles. The lowest BCUT2D eigenvalue weighted by molar-refractivity contribution is -0.152. The van der Waals surface area contributed by atoms with Gasteiger partial charge in [0.1, 0.15) is 0 Å². The Labute approximate surface area is 184 Å². The van der Waals surface area contributed by atoms with Crippen LogP contribution in [0, 0.1) is 5.92 Å². The van der Waals surface area contributed by atoms with Crippen LogP contribution >= 0.6 is 0 Å². The second kappa shape index (κ2) is 14.3. The molecule has 0 saturated carbocycles. The average Bonchev–Trinajstić information content (AvgIpc) is 2.79. The van der Waals surface area contributed by atoms with Gasteiger partial charge >= 0.3 is 0 Å². The summed E-state index contributed by atoms with van der Waals surface area (Å²) in [5.74, 6) is -1.90. The Kier molecular flexibility index (Phi) is 12.2. The van der Waals surface area contributed by atoms with Gasteiger partial charge in [0.05, 0.1) is 5.92 Å². The van der Waals surface area contributed by atoms with Crippen molar-refractivity contribution in [1.82, 2.24) is 15.5 Å². The molecular weight excluding hydrogens is 398 g/mol. The molecule has 1 rings (SSSR count). The van der Waals surface area contributed by atoms with Gasteiger partial charge in [0.2, 0.25) is 5.91 Å². The summed E-state index contributed by atoms with van der Waals surface area (Å²) >= 11 is 0. The third-order valence-electron chi connectivity index (χ3n) is 4.95. The number of aliphatic hydroxyl groups is 2. The Bertz CT molecular complexity index is 710. The molecule has 0 bridgehead atoms. The van der Waals surface area contributed by atoms with Gasteiger partial charge in [0, 0.05) is 26.7 Å². The maximum atomic E-state index is 12.3. The minimum atomic E-state index is -1.86. The van der Waals surface area contributed by atoms with E-state index in [0.717, 1.165) is 18.4 Å². The van der Waals surface area contributed by atoms with Crippen LogP contribution in [0.25, 0.3) is 0 Å². The number of likely N-dealkylation sites (N-methyl/N-ethyl adjacent to an activating group) is 1. The lowest BCUT2D eigenvalue weighted by atomic mass is 10.0.